The normalized spacial score (nSPS) is 11.4. The van der Waals surface area contributed by atoms with Crippen LogP contribution >= 0.6 is 23.4 Å². The van der Waals surface area contributed by atoms with Crippen LogP contribution in [0.15, 0.2) is 29.2 Å². The molecule has 0 aliphatic rings. The fourth-order valence-electron chi connectivity index (χ4n) is 1.48. The molecule has 1 rings (SSSR count). The number of carboxylic acids is 1. The Morgan fingerprint density at radius 1 is 1.38 bits per heavy atom. The molecule has 0 fully saturated rings. The highest BCUT2D eigenvalue weighted by Crippen LogP contribution is 2.41. The third-order valence-electron chi connectivity index (χ3n) is 2.67. The maximum atomic E-state index is 11.3. The van der Waals surface area contributed by atoms with E-state index in [2.05, 4.69) is 0 Å². The molecular formula is C12H15ClO2S. The van der Waals surface area contributed by atoms with Crippen molar-refractivity contribution in [3.63, 3.8) is 0 Å². The van der Waals surface area contributed by atoms with Crippen LogP contribution in [-0.4, -0.2) is 15.8 Å². The van der Waals surface area contributed by atoms with Gasteiger partial charge in [0.2, 0.25) is 0 Å². The zero-order valence-corrected chi connectivity index (χ0v) is 10.9. The van der Waals surface area contributed by atoms with Gasteiger partial charge in [-0.05, 0) is 25.0 Å². The number of carbonyl (C=O) groups is 1. The monoisotopic (exact) mass is 258 g/mol. The van der Waals surface area contributed by atoms with E-state index >= 15 is 0 Å². The lowest BCUT2D eigenvalue weighted by Crippen LogP contribution is -2.33. The van der Waals surface area contributed by atoms with E-state index in [4.69, 9.17) is 11.6 Å². The van der Waals surface area contributed by atoms with Gasteiger partial charge in [0.05, 0.1) is 5.02 Å². The van der Waals surface area contributed by atoms with Crippen LogP contribution in [0.5, 0.6) is 0 Å². The van der Waals surface area contributed by atoms with Gasteiger partial charge in [-0.3, -0.25) is 4.79 Å². The number of benzene rings is 1. The van der Waals surface area contributed by atoms with Crippen LogP contribution in [0.25, 0.3) is 0 Å². The number of thioether (sulfide) groups is 1. The van der Waals surface area contributed by atoms with Crippen LogP contribution in [0.3, 0.4) is 0 Å². The minimum Gasteiger partial charge on any atom is -0.480 e. The van der Waals surface area contributed by atoms with Gasteiger partial charge in [-0.2, -0.15) is 0 Å². The van der Waals surface area contributed by atoms with Crippen LogP contribution in [0, 0.1) is 0 Å². The van der Waals surface area contributed by atoms with E-state index in [1.54, 1.807) is 6.07 Å². The molecule has 1 N–H and O–H groups in total. The van der Waals surface area contributed by atoms with Crippen molar-refractivity contribution in [2.75, 3.05) is 0 Å². The summed E-state index contributed by atoms with van der Waals surface area (Å²) in [6, 6.07) is 7.34. The van der Waals surface area contributed by atoms with E-state index in [9.17, 15) is 9.90 Å². The Morgan fingerprint density at radius 2 is 1.94 bits per heavy atom. The molecule has 0 aromatic heterocycles. The van der Waals surface area contributed by atoms with Crippen molar-refractivity contribution in [2.45, 2.75) is 36.3 Å². The van der Waals surface area contributed by atoms with Gasteiger partial charge in [-0.1, -0.05) is 37.6 Å². The van der Waals surface area contributed by atoms with Gasteiger partial charge in [-0.15, -0.1) is 11.8 Å². The van der Waals surface area contributed by atoms with E-state index in [0.717, 1.165) is 4.90 Å². The lowest BCUT2D eigenvalue weighted by Gasteiger charge is -2.26. The maximum absolute atomic E-state index is 11.3. The third kappa shape index (κ3) is 2.71. The van der Waals surface area contributed by atoms with Crippen molar-refractivity contribution >= 4 is 29.3 Å². The van der Waals surface area contributed by atoms with Crippen LogP contribution in [0.2, 0.25) is 5.02 Å². The fraction of sp³-hybridized carbons (Fsp3) is 0.417. The molecule has 0 spiro atoms. The van der Waals surface area contributed by atoms with E-state index < -0.39 is 10.7 Å². The minimum absolute atomic E-state index is 0.578. The highest BCUT2D eigenvalue weighted by Gasteiger charge is 2.36. The van der Waals surface area contributed by atoms with Gasteiger partial charge in [0.1, 0.15) is 4.75 Å². The average Bonchev–Trinajstić information content (AvgIpc) is 2.28. The molecule has 0 amide bonds. The molecule has 88 valence electrons. The van der Waals surface area contributed by atoms with E-state index in [0.29, 0.717) is 17.9 Å². The van der Waals surface area contributed by atoms with Gasteiger partial charge in [0, 0.05) is 4.90 Å². The lowest BCUT2D eigenvalue weighted by atomic mass is 10.0. The quantitative estimate of drug-likeness (QED) is 0.809. The molecule has 0 heterocycles. The smallest absolute Gasteiger partial charge is 0.320 e. The number of hydrogen-bond acceptors (Lipinski definition) is 2. The highest BCUT2D eigenvalue weighted by atomic mass is 35.5. The Balaban J connectivity index is 3.01. The molecule has 0 bridgehead atoms. The van der Waals surface area contributed by atoms with Gasteiger partial charge >= 0.3 is 5.97 Å². The summed E-state index contributed by atoms with van der Waals surface area (Å²) in [5.41, 5.74) is 0. The topological polar surface area (TPSA) is 37.3 Å². The molecular weight excluding hydrogens is 244 g/mol. The fourth-order valence-corrected chi connectivity index (χ4v) is 2.84. The first-order valence-corrected chi connectivity index (χ1v) is 6.42. The number of carboxylic acid groups (broad SMARTS) is 1. The molecule has 0 saturated carbocycles. The molecule has 2 nitrogen and oxygen atoms in total. The van der Waals surface area contributed by atoms with Crippen LogP contribution in [-0.2, 0) is 4.79 Å². The van der Waals surface area contributed by atoms with Crippen molar-refractivity contribution in [3.05, 3.63) is 29.3 Å². The van der Waals surface area contributed by atoms with E-state index in [-0.39, 0.29) is 0 Å². The summed E-state index contributed by atoms with van der Waals surface area (Å²) >= 11 is 7.37. The molecule has 0 unspecified atom stereocenters. The van der Waals surface area contributed by atoms with Gasteiger partial charge in [-0.25, -0.2) is 0 Å². The Kier molecular flexibility index (Phi) is 4.69. The Bertz CT molecular complexity index is 375. The zero-order chi connectivity index (χ0) is 12.2. The van der Waals surface area contributed by atoms with E-state index in [1.165, 1.54) is 11.8 Å². The van der Waals surface area contributed by atoms with Crippen LogP contribution in [0.1, 0.15) is 26.7 Å². The predicted molar refractivity (Wildman–Crippen MR) is 68.3 cm³/mol. The average molecular weight is 259 g/mol. The van der Waals surface area contributed by atoms with Crippen molar-refractivity contribution in [1.82, 2.24) is 0 Å². The molecule has 0 aliphatic carbocycles. The largest absolute Gasteiger partial charge is 0.480 e. The molecule has 16 heavy (non-hydrogen) atoms. The lowest BCUT2D eigenvalue weighted by molar-refractivity contribution is -0.140. The molecule has 0 aliphatic heterocycles. The van der Waals surface area contributed by atoms with E-state index in [1.807, 2.05) is 32.0 Å². The first kappa shape index (κ1) is 13.4. The Labute approximate surface area is 105 Å². The first-order chi connectivity index (χ1) is 7.55. The van der Waals surface area contributed by atoms with Crippen molar-refractivity contribution in [1.29, 1.82) is 0 Å². The minimum atomic E-state index is -0.776. The second-order valence-corrected chi connectivity index (χ2v) is 5.37. The van der Waals surface area contributed by atoms with Crippen molar-refractivity contribution < 1.29 is 9.90 Å². The SMILES string of the molecule is CCC(CC)(Sc1ccccc1Cl)C(=O)O. The van der Waals surface area contributed by atoms with Crippen molar-refractivity contribution in [2.24, 2.45) is 0 Å². The summed E-state index contributed by atoms with van der Waals surface area (Å²) < 4.78 is -0.773. The highest BCUT2D eigenvalue weighted by molar-refractivity contribution is 8.01. The molecule has 1 aromatic carbocycles. The summed E-state index contributed by atoms with van der Waals surface area (Å²) in [6.07, 6.45) is 1.16. The first-order valence-electron chi connectivity index (χ1n) is 5.22. The summed E-state index contributed by atoms with van der Waals surface area (Å²) in [5, 5.41) is 9.92. The summed E-state index contributed by atoms with van der Waals surface area (Å²) in [6.45, 7) is 3.78. The standard InChI is InChI=1S/C12H15ClO2S/c1-3-12(4-2,11(14)15)16-10-8-6-5-7-9(10)13/h5-8H,3-4H2,1-2H3,(H,14,15). The number of rotatable bonds is 5. The second kappa shape index (κ2) is 5.60. The van der Waals surface area contributed by atoms with Crippen LogP contribution < -0.4 is 0 Å². The van der Waals surface area contributed by atoms with Gasteiger partial charge in [0.25, 0.3) is 0 Å². The van der Waals surface area contributed by atoms with Gasteiger partial charge in [0.15, 0.2) is 0 Å². The molecule has 4 heteroatoms. The number of halogens is 1. The maximum Gasteiger partial charge on any atom is 0.320 e. The molecule has 0 atom stereocenters. The zero-order valence-electron chi connectivity index (χ0n) is 9.37. The summed E-state index contributed by atoms with van der Waals surface area (Å²) in [5.74, 6) is -0.776. The summed E-state index contributed by atoms with van der Waals surface area (Å²) in [4.78, 5) is 12.2. The Morgan fingerprint density at radius 3 is 2.38 bits per heavy atom. The van der Waals surface area contributed by atoms with Gasteiger partial charge < -0.3 is 5.11 Å². The predicted octanol–water partition coefficient (Wildman–Crippen LogP) is 4.08. The second-order valence-electron chi connectivity index (χ2n) is 3.54. The molecule has 0 radical (unpaired) electrons. The summed E-state index contributed by atoms with van der Waals surface area (Å²) in [7, 11) is 0. The molecule has 0 saturated heterocycles. The Hall–Kier alpha value is -0.670. The molecule has 1 aromatic rings. The number of hydrogen-bond donors (Lipinski definition) is 1. The third-order valence-corrected chi connectivity index (χ3v) is 4.83. The number of aliphatic carboxylic acids is 1. The van der Waals surface area contributed by atoms with Crippen LogP contribution in [0.4, 0.5) is 0 Å². The van der Waals surface area contributed by atoms with Crippen molar-refractivity contribution in [3.8, 4) is 0 Å².